The molecular weight excluding hydrogens is 469 g/mol. The number of rotatable bonds is 8. The van der Waals surface area contributed by atoms with Crippen molar-refractivity contribution in [2.45, 2.75) is 45.8 Å². The van der Waals surface area contributed by atoms with Crippen LogP contribution in [0.3, 0.4) is 0 Å². The van der Waals surface area contributed by atoms with Crippen LogP contribution in [0.2, 0.25) is 0 Å². The first kappa shape index (κ1) is 25.3. The van der Waals surface area contributed by atoms with Gasteiger partial charge >= 0.3 is 0 Å². The number of hydrogen-bond acceptors (Lipinski definition) is 4. The van der Waals surface area contributed by atoms with Crippen LogP contribution in [0.25, 0.3) is 0 Å². The lowest BCUT2D eigenvalue weighted by atomic mass is 10.1. The zero-order valence-electron chi connectivity index (χ0n) is 18.0. The Kier molecular flexibility index (Phi) is 13.4. The summed E-state index contributed by atoms with van der Waals surface area (Å²) in [6.45, 7) is 20.7. The maximum atomic E-state index is 4.93. The van der Waals surface area contributed by atoms with E-state index in [1.165, 1.54) is 57.9 Å². The molecule has 1 unspecified atom stereocenters. The first-order chi connectivity index (χ1) is 12.6. The van der Waals surface area contributed by atoms with E-state index in [2.05, 4.69) is 59.5 Å². The van der Waals surface area contributed by atoms with Crippen molar-refractivity contribution < 1.29 is 0 Å². The van der Waals surface area contributed by atoms with Gasteiger partial charge in [-0.25, -0.2) is 0 Å². The summed E-state index contributed by atoms with van der Waals surface area (Å²) in [6, 6.07) is 0. The standard InChI is InChI=1S/C20H41N5S.HI/c1-5-21-20(25-15-16-26-19(17-25)18(3)4)22-9-7-8-10-24-13-11-23(6-2)12-14-24;/h18-19H,5-17H2,1-4H3,(H,21,22);1H. The zero-order chi connectivity index (χ0) is 18.8. The second-order valence-corrected chi connectivity index (χ2v) is 9.17. The number of unbranched alkanes of at least 4 members (excludes halogenated alkanes) is 1. The molecule has 2 rings (SSSR count). The third-order valence-corrected chi connectivity index (χ3v) is 7.07. The van der Waals surface area contributed by atoms with Crippen LogP contribution in [0.4, 0.5) is 0 Å². The van der Waals surface area contributed by atoms with Crippen molar-refractivity contribution in [3.05, 3.63) is 0 Å². The predicted octanol–water partition coefficient (Wildman–Crippen LogP) is 3.06. The van der Waals surface area contributed by atoms with E-state index in [9.17, 15) is 0 Å². The smallest absolute Gasteiger partial charge is 0.193 e. The lowest BCUT2D eigenvalue weighted by Gasteiger charge is -2.36. The van der Waals surface area contributed by atoms with E-state index < -0.39 is 0 Å². The number of halogens is 1. The fraction of sp³-hybridized carbons (Fsp3) is 0.950. The first-order valence-electron chi connectivity index (χ1n) is 10.7. The summed E-state index contributed by atoms with van der Waals surface area (Å²) in [4.78, 5) is 12.6. The highest BCUT2D eigenvalue weighted by atomic mass is 127. The predicted molar refractivity (Wildman–Crippen MR) is 132 cm³/mol. The molecule has 2 heterocycles. The van der Waals surface area contributed by atoms with Gasteiger partial charge in [-0.05, 0) is 38.8 Å². The van der Waals surface area contributed by atoms with Gasteiger partial charge in [-0.3, -0.25) is 4.99 Å². The fourth-order valence-corrected chi connectivity index (χ4v) is 4.96. The highest BCUT2D eigenvalue weighted by Crippen LogP contribution is 2.24. The van der Waals surface area contributed by atoms with Gasteiger partial charge < -0.3 is 20.0 Å². The molecule has 0 radical (unpaired) electrons. The van der Waals surface area contributed by atoms with Crippen LogP contribution in [0, 0.1) is 5.92 Å². The monoisotopic (exact) mass is 511 g/mol. The topological polar surface area (TPSA) is 34.1 Å². The SMILES string of the molecule is CCNC(=NCCCCN1CCN(CC)CC1)N1CCSC(C(C)C)C1.I. The summed E-state index contributed by atoms with van der Waals surface area (Å²) in [6.07, 6.45) is 2.46. The molecule has 5 nitrogen and oxygen atoms in total. The van der Waals surface area contributed by atoms with E-state index in [0.717, 1.165) is 43.3 Å². The van der Waals surface area contributed by atoms with Gasteiger partial charge in [0.2, 0.25) is 0 Å². The molecule has 0 saturated carbocycles. The molecule has 27 heavy (non-hydrogen) atoms. The third kappa shape index (κ3) is 9.09. The average Bonchev–Trinajstić information content (AvgIpc) is 2.67. The summed E-state index contributed by atoms with van der Waals surface area (Å²) in [7, 11) is 0. The highest BCUT2D eigenvalue weighted by molar-refractivity contribution is 14.0. The van der Waals surface area contributed by atoms with Crippen molar-refractivity contribution in [2.24, 2.45) is 10.9 Å². The Morgan fingerprint density at radius 3 is 2.41 bits per heavy atom. The Labute approximate surface area is 189 Å². The van der Waals surface area contributed by atoms with Gasteiger partial charge in [-0.1, -0.05) is 20.8 Å². The lowest BCUT2D eigenvalue weighted by Crippen LogP contribution is -2.49. The lowest BCUT2D eigenvalue weighted by molar-refractivity contribution is 0.136. The van der Waals surface area contributed by atoms with E-state index in [1.807, 2.05) is 0 Å². The molecule has 2 aliphatic rings. The first-order valence-corrected chi connectivity index (χ1v) is 11.8. The van der Waals surface area contributed by atoms with Crippen LogP contribution in [0.15, 0.2) is 4.99 Å². The summed E-state index contributed by atoms with van der Waals surface area (Å²) in [5.74, 6) is 3.09. The Hall–Kier alpha value is 0.270. The van der Waals surface area contributed by atoms with Crippen molar-refractivity contribution in [2.75, 3.05) is 71.2 Å². The molecular formula is C20H42IN5S. The molecule has 1 N–H and O–H groups in total. The van der Waals surface area contributed by atoms with Gasteiger partial charge in [0.25, 0.3) is 0 Å². The summed E-state index contributed by atoms with van der Waals surface area (Å²) in [5.41, 5.74) is 0. The van der Waals surface area contributed by atoms with Gasteiger partial charge in [0.15, 0.2) is 5.96 Å². The minimum absolute atomic E-state index is 0. The molecule has 0 aromatic carbocycles. The number of likely N-dealkylation sites (N-methyl/N-ethyl adjacent to an activating group) is 1. The zero-order valence-corrected chi connectivity index (χ0v) is 21.1. The Bertz CT molecular complexity index is 413. The van der Waals surface area contributed by atoms with Gasteiger partial charge in [0.1, 0.15) is 0 Å². The van der Waals surface area contributed by atoms with Gasteiger partial charge in [0.05, 0.1) is 0 Å². The summed E-state index contributed by atoms with van der Waals surface area (Å²) < 4.78 is 0. The summed E-state index contributed by atoms with van der Waals surface area (Å²) in [5, 5.41) is 4.25. The Morgan fingerprint density at radius 1 is 1.07 bits per heavy atom. The molecule has 7 heteroatoms. The largest absolute Gasteiger partial charge is 0.357 e. The molecule has 160 valence electrons. The van der Waals surface area contributed by atoms with Crippen LogP contribution in [0.5, 0.6) is 0 Å². The van der Waals surface area contributed by atoms with E-state index in [0.29, 0.717) is 0 Å². The fourth-order valence-electron chi connectivity index (χ4n) is 3.66. The van der Waals surface area contributed by atoms with Crippen LogP contribution in [-0.2, 0) is 0 Å². The molecule has 2 saturated heterocycles. The van der Waals surface area contributed by atoms with Gasteiger partial charge in [-0.15, -0.1) is 24.0 Å². The van der Waals surface area contributed by atoms with Crippen molar-refractivity contribution in [3.8, 4) is 0 Å². The molecule has 0 aromatic heterocycles. The number of piperazine rings is 1. The Morgan fingerprint density at radius 2 is 1.78 bits per heavy atom. The molecule has 0 aromatic rings. The number of nitrogens with zero attached hydrogens (tertiary/aromatic N) is 4. The van der Waals surface area contributed by atoms with Gasteiger partial charge in [-0.2, -0.15) is 11.8 Å². The number of nitrogens with one attached hydrogen (secondary N) is 1. The third-order valence-electron chi connectivity index (χ3n) is 5.53. The molecule has 2 fully saturated rings. The minimum Gasteiger partial charge on any atom is -0.357 e. The van der Waals surface area contributed by atoms with Crippen LogP contribution < -0.4 is 5.32 Å². The maximum absolute atomic E-state index is 4.93. The quantitative estimate of drug-likeness (QED) is 0.235. The Balaban J connectivity index is 0.00000364. The maximum Gasteiger partial charge on any atom is 0.193 e. The second kappa shape index (κ2) is 14.3. The average molecular weight is 512 g/mol. The number of guanidine groups is 1. The molecule has 0 bridgehead atoms. The van der Waals surface area contributed by atoms with Crippen LogP contribution in [0.1, 0.15) is 40.5 Å². The van der Waals surface area contributed by atoms with Crippen molar-refractivity contribution in [1.29, 1.82) is 0 Å². The second-order valence-electron chi connectivity index (χ2n) is 7.82. The highest BCUT2D eigenvalue weighted by Gasteiger charge is 2.24. The molecule has 0 aliphatic carbocycles. The molecule has 0 amide bonds. The molecule has 2 aliphatic heterocycles. The van der Waals surface area contributed by atoms with E-state index in [4.69, 9.17) is 4.99 Å². The normalized spacial score (nSPS) is 22.8. The van der Waals surface area contributed by atoms with Crippen LogP contribution >= 0.6 is 35.7 Å². The molecule has 0 spiro atoms. The number of hydrogen-bond donors (Lipinski definition) is 1. The van der Waals surface area contributed by atoms with Crippen LogP contribution in [-0.4, -0.2) is 97.1 Å². The summed E-state index contributed by atoms with van der Waals surface area (Å²) >= 11 is 2.13. The number of thioether (sulfide) groups is 1. The van der Waals surface area contributed by atoms with Gasteiger partial charge in [0, 0.05) is 63.4 Å². The van der Waals surface area contributed by atoms with E-state index >= 15 is 0 Å². The van der Waals surface area contributed by atoms with E-state index in [1.54, 1.807) is 0 Å². The number of aliphatic imine (C=N–C) groups is 1. The van der Waals surface area contributed by atoms with Crippen molar-refractivity contribution in [1.82, 2.24) is 20.0 Å². The van der Waals surface area contributed by atoms with Crippen molar-refractivity contribution >= 4 is 41.7 Å². The van der Waals surface area contributed by atoms with E-state index in [-0.39, 0.29) is 24.0 Å². The molecule has 1 atom stereocenters. The minimum atomic E-state index is 0. The van der Waals surface area contributed by atoms with Crippen molar-refractivity contribution in [3.63, 3.8) is 0 Å².